The number of aliphatic imine (C=N–C) groups is 1. The van der Waals surface area contributed by atoms with Gasteiger partial charge in [-0.3, -0.25) is 4.99 Å². The van der Waals surface area contributed by atoms with Gasteiger partial charge in [0, 0.05) is 18.8 Å². The smallest absolute Gasteiger partial charge is 0.0867 e. The van der Waals surface area contributed by atoms with Crippen LogP contribution in [0.1, 0.15) is 27.7 Å². The lowest BCUT2D eigenvalue weighted by atomic mass is 10.3. The zero-order chi connectivity index (χ0) is 15.5. The van der Waals surface area contributed by atoms with Crippen LogP contribution in [0, 0.1) is 0 Å². The summed E-state index contributed by atoms with van der Waals surface area (Å²) < 4.78 is 0. The van der Waals surface area contributed by atoms with E-state index in [0.717, 1.165) is 18.8 Å². The van der Waals surface area contributed by atoms with E-state index >= 15 is 0 Å². The van der Waals surface area contributed by atoms with Crippen molar-refractivity contribution in [2.75, 3.05) is 18.4 Å². The minimum atomic E-state index is 0.819. The van der Waals surface area contributed by atoms with Crippen molar-refractivity contribution in [3.05, 3.63) is 55.3 Å². The second kappa shape index (κ2) is 19.3. The number of nitrogens with one attached hydrogen (secondary N) is 2. The third-order valence-electron chi connectivity index (χ3n) is 1.83. The maximum Gasteiger partial charge on any atom is 0.0867 e. The Bertz CT molecular complexity index is 343. The van der Waals surface area contributed by atoms with E-state index in [1.54, 1.807) is 12.4 Å². The SMILES string of the molecule is C=C/C=C\NCC.CC.CCN=CNc1ccccc1. The Morgan fingerprint density at radius 1 is 1.15 bits per heavy atom. The van der Waals surface area contributed by atoms with Gasteiger partial charge >= 0.3 is 0 Å². The Hall–Kier alpha value is -2.03. The summed E-state index contributed by atoms with van der Waals surface area (Å²) in [6.07, 6.45) is 7.19. The molecule has 3 nitrogen and oxygen atoms in total. The van der Waals surface area contributed by atoms with Crippen LogP contribution in [0.2, 0.25) is 0 Å². The average Bonchev–Trinajstić information content (AvgIpc) is 2.52. The Morgan fingerprint density at radius 3 is 2.30 bits per heavy atom. The maximum absolute atomic E-state index is 4.03. The predicted molar refractivity (Wildman–Crippen MR) is 93.5 cm³/mol. The van der Waals surface area contributed by atoms with Crippen LogP contribution < -0.4 is 10.6 Å². The second-order valence-corrected chi connectivity index (χ2v) is 3.29. The summed E-state index contributed by atoms with van der Waals surface area (Å²) in [5.74, 6) is 0. The molecule has 0 fully saturated rings. The lowest BCUT2D eigenvalue weighted by Gasteiger charge is -1.96. The fourth-order valence-electron chi connectivity index (χ4n) is 1.000. The number of rotatable bonds is 6. The summed E-state index contributed by atoms with van der Waals surface area (Å²) in [6, 6.07) is 9.97. The molecule has 2 N–H and O–H groups in total. The number of hydrogen-bond acceptors (Lipinski definition) is 2. The number of anilines is 1. The van der Waals surface area contributed by atoms with Gasteiger partial charge in [0.1, 0.15) is 0 Å². The third-order valence-corrected chi connectivity index (χ3v) is 1.83. The zero-order valence-electron chi connectivity index (χ0n) is 13.3. The summed E-state index contributed by atoms with van der Waals surface area (Å²) in [7, 11) is 0. The first-order valence-corrected chi connectivity index (χ1v) is 7.16. The van der Waals surface area contributed by atoms with E-state index < -0.39 is 0 Å². The molecule has 3 heteroatoms. The standard InChI is InChI=1S/C9H12N2.C6H11N.C2H6/c1-2-10-8-11-9-6-4-3-5-7-9;1-3-5-6-7-4-2;1-2/h3-8H,2H2,1H3,(H,10,11);3,5-7H,1,4H2,2H3;1-2H3/b;6-5-;. The monoisotopic (exact) mass is 275 g/mol. The van der Waals surface area contributed by atoms with E-state index in [4.69, 9.17) is 0 Å². The molecule has 0 aromatic heterocycles. The molecule has 112 valence electrons. The first-order chi connectivity index (χ1) is 9.85. The van der Waals surface area contributed by atoms with Gasteiger partial charge < -0.3 is 10.6 Å². The van der Waals surface area contributed by atoms with E-state index in [-0.39, 0.29) is 0 Å². The fourth-order valence-corrected chi connectivity index (χ4v) is 1.000. The van der Waals surface area contributed by atoms with Crippen molar-refractivity contribution in [2.45, 2.75) is 27.7 Å². The van der Waals surface area contributed by atoms with Gasteiger partial charge in [-0.25, -0.2) is 0 Å². The van der Waals surface area contributed by atoms with Crippen molar-refractivity contribution in [1.82, 2.24) is 5.32 Å². The van der Waals surface area contributed by atoms with Gasteiger partial charge in [0.25, 0.3) is 0 Å². The molecule has 20 heavy (non-hydrogen) atoms. The van der Waals surface area contributed by atoms with Crippen LogP contribution in [-0.2, 0) is 0 Å². The molecule has 1 aromatic rings. The molecule has 0 saturated carbocycles. The first kappa shape index (κ1) is 20.3. The molecule has 0 radical (unpaired) electrons. The molecule has 0 unspecified atom stereocenters. The highest BCUT2D eigenvalue weighted by atomic mass is 14.9. The summed E-state index contributed by atoms with van der Waals surface area (Å²) in [5, 5.41) is 6.05. The Labute approximate surface area is 124 Å². The van der Waals surface area contributed by atoms with E-state index in [9.17, 15) is 0 Å². The lowest BCUT2D eigenvalue weighted by Crippen LogP contribution is -2.00. The van der Waals surface area contributed by atoms with Gasteiger partial charge in [-0.15, -0.1) is 0 Å². The molecule has 0 heterocycles. The van der Waals surface area contributed by atoms with Gasteiger partial charge in [0.2, 0.25) is 0 Å². The number of nitrogens with zero attached hydrogens (tertiary/aromatic N) is 1. The van der Waals surface area contributed by atoms with Crippen molar-refractivity contribution >= 4 is 12.0 Å². The van der Waals surface area contributed by atoms with Crippen LogP contribution in [0.25, 0.3) is 0 Å². The van der Waals surface area contributed by atoms with Crippen LogP contribution in [0.5, 0.6) is 0 Å². The van der Waals surface area contributed by atoms with Gasteiger partial charge in [-0.2, -0.15) is 0 Å². The Kier molecular flexibility index (Phi) is 19.6. The van der Waals surface area contributed by atoms with Crippen LogP contribution >= 0.6 is 0 Å². The molecule has 0 amide bonds. The minimum absolute atomic E-state index is 0.819. The summed E-state index contributed by atoms with van der Waals surface area (Å²) in [4.78, 5) is 4.03. The molecule has 0 saturated heterocycles. The highest BCUT2D eigenvalue weighted by molar-refractivity contribution is 5.75. The van der Waals surface area contributed by atoms with Crippen molar-refractivity contribution in [2.24, 2.45) is 4.99 Å². The lowest BCUT2D eigenvalue weighted by molar-refractivity contribution is 0.919. The van der Waals surface area contributed by atoms with Crippen molar-refractivity contribution in [1.29, 1.82) is 0 Å². The summed E-state index contributed by atoms with van der Waals surface area (Å²) in [6.45, 7) is 13.4. The number of benzene rings is 1. The first-order valence-electron chi connectivity index (χ1n) is 7.16. The van der Waals surface area contributed by atoms with Crippen molar-refractivity contribution < 1.29 is 0 Å². The largest absolute Gasteiger partial charge is 0.391 e. The summed E-state index contributed by atoms with van der Waals surface area (Å²) >= 11 is 0. The number of allylic oxidation sites excluding steroid dienone is 2. The minimum Gasteiger partial charge on any atom is -0.391 e. The highest BCUT2D eigenvalue weighted by Gasteiger charge is 1.81. The molecule has 1 rings (SSSR count). The molecule has 1 aromatic carbocycles. The van der Waals surface area contributed by atoms with Crippen molar-refractivity contribution in [3.8, 4) is 0 Å². The molecule has 0 spiro atoms. The molecule has 0 aliphatic carbocycles. The molecule has 0 atom stereocenters. The predicted octanol–water partition coefficient (Wildman–Crippen LogP) is 4.47. The topological polar surface area (TPSA) is 36.4 Å². The molecule has 0 aliphatic rings. The van der Waals surface area contributed by atoms with Gasteiger partial charge in [0.05, 0.1) is 6.34 Å². The summed E-state index contributed by atoms with van der Waals surface area (Å²) in [5.41, 5.74) is 1.07. The van der Waals surface area contributed by atoms with Crippen LogP contribution in [0.4, 0.5) is 5.69 Å². The molecular weight excluding hydrogens is 246 g/mol. The molecular formula is C17H29N3. The Balaban J connectivity index is 0. The van der Waals surface area contributed by atoms with Crippen LogP contribution in [0.15, 0.2) is 60.3 Å². The normalized spacial score (nSPS) is 9.20. The maximum atomic E-state index is 4.03. The zero-order valence-corrected chi connectivity index (χ0v) is 13.3. The van der Waals surface area contributed by atoms with Gasteiger partial charge in [-0.1, -0.05) is 44.7 Å². The van der Waals surface area contributed by atoms with Gasteiger partial charge in [-0.05, 0) is 38.3 Å². The molecule has 0 aliphatic heterocycles. The molecule has 0 bridgehead atoms. The van der Waals surface area contributed by atoms with Crippen LogP contribution in [-0.4, -0.2) is 19.4 Å². The van der Waals surface area contributed by atoms with E-state index in [0.29, 0.717) is 0 Å². The van der Waals surface area contributed by atoms with E-state index in [1.165, 1.54) is 0 Å². The Morgan fingerprint density at radius 2 is 1.80 bits per heavy atom. The second-order valence-electron chi connectivity index (χ2n) is 3.29. The van der Waals surface area contributed by atoms with Crippen molar-refractivity contribution in [3.63, 3.8) is 0 Å². The number of hydrogen-bond donors (Lipinski definition) is 2. The van der Waals surface area contributed by atoms with Crippen LogP contribution in [0.3, 0.4) is 0 Å². The van der Waals surface area contributed by atoms with E-state index in [1.807, 2.05) is 70.3 Å². The fraction of sp³-hybridized carbons (Fsp3) is 0.353. The number of para-hydroxylation sites is 1. The van der Waals surface area contributed by atoms with E-state index in [2.05, 4.69) is 22.2 Å². The average molecular weight is 275 g/mol. The van der Waals surface area contributed by atoms with Gasteiger partial charge in [0.15, 0.2) is 0 Å². The highest BCUT2D eigenvalue weighted by Crippen LogP contribution is 2.02. The third kappa shape index (κ3) is 16.0. The quantitative estimate of drug-likeness (QED) is 0.456.